The summed E-state index contributed by atoms with van der Waals surface area (Å²) in [6, 6.07) is 5.66. The molecule has 0 aromatic carbocycles. The second kappa shape index (κ2) is 9.20. The van der Waals surface area contributed by atoms with Gasteiger partial charge in [0.2, 0.25) is 5.91 Å². The molecule has 0 spiro atoms. The van der Waals surface area contributed by atoms with Gasteiger partial charge in [-0.1, -0.05) is 19.9 Å². The maximum Gasteiger partial charge on any atom is 0.257 e. The van der Waals surface area contributed by atoms with Crippen molar-refractivity contribution in [1.29, 1.82) is 0 Å². The Morgan fingerprint density at radius 2 is 1.86 bits per heavy atom. The van der Waals surface area contributed by atoms with Gasteiger partial charge in [-0.2, -0.15) is 5.10 Å². The summed E-state index contributed by atoms with van der Waals surface area (Å²) in [5.41, 5.74) is 1.49. The third kappa shape index (κ3) is 4.33. The molecule has 0 N–H and O–H groups in total. The lowest BCUT2D eigenvalue weighted by Crippen LogP contribution is -2.44. The van der Waals surface area contributed by atoms with Gasteiger partial charge in [0.05, 0.1) is 17.5 Å². The Kier molecular flexibility index (Phi) is 6.67. The summed E-state index contributed by atoms with van der Waals surface area (Å²) < 4.78 is 1.76. The normalized spacial score (nSPS) is 15.0. The second-order valence-corrected chi connectivity index (χ2v) is 7.77. The van der Waals surface area contributed by atoms with Crippen LogP contribution in [0.3, 0.4) is 0 Å². The predicted molar refractivity (Wildman–Crippen MR) is 112 cm³/mol. The molecule has 0 bridgehead atoms. The molecule has 7 nitrogen and oxygen atoms in total. The van der Waals surface area contributed by atoms with Crippen LogP contribution in [0.5, 0.6) is 0 Å². The maximum absolute atomic E-state index is 13.2. The fourth-order valence-electron chi connectivity index (χ4n) is 4.03. The van der Waals surface area contributed by atoms with E-state index in [-0.39, 0.29) is 23.7 Å². The number of pyridine rings is 1. The van der Waals surface area contributed by atoms with Crippen molar-refractivity contribution in [2.24, 2.45) is 5.92 Å². The number of carbonyl (C=O) groups is 2. The molecule has 0 aliphatic carbocycles. The smallest absolute Gasteiger partial charge is 0.257 e. The summed E-state index contributed by atoms with van der Waals surface area (Å²) in [6.45, 7) is 10.8. The molecule has 156 valence electrons. The van der Waals surface area contributed by atoms with E-state index >= 15 is 0 Å². The van der Waals surface area contributed by atoms with Crippen LogP contribution >= 0.6 is 0 Å². The lowest BCUT2D eigenvalue weighted by molar-refractivity contribution is -0.136. The minimum Gasteiger partial charge on any atom is -0.343 e. The average molecular weight is 398 g/mol. The van der Waals surface area contributed by atoms with Crippen molar-refractivity contribution in [2.75, 3.05) is 26.2 Å². The standard InChI is InChI=1S/C22H31N5O2/c1-5-25(6-2)21(28)17-10-13-26(14-11-17)22(29)18-15-24-27(20(18)16(3)4)19-9-7-8-12-23-19/h7-9,12,15-17H,5-6,10-11,13-14H2,1-4H3. The monoisotopic (exact) mass is 397 g/mol. The zero-order valence-corrected chi connectivity index (χ0v) is 17.8. The number of amides is 2. The van der Waals surface area contributed by atoms with Gasteiger partial charge in [0.25, 0.3) is 5.91 Å². The van der Waals surface area contributed by atoms with Crippen LogP contribution in [-0.4, -0.2) is 62.6 Å². The number of nitrogens with zero attached hydrogens (tertiary/aromatic N) is 5. The van der Waals surface area contributed by atoms with Gasteiger partial charge in [-0.3, -0.25) is 9.59 Å². The van der Waals surface area contributed by atoms with E-state index in [1.165, 1.54) is 0 Å². The molecule has 0 saturated carbocycles. The number of piperidine rings is 1. The van der Waals surface area contributed by atoms with E-state index in [1.54, 1.807) is 17.1 Å². The molecule has 29 heavy (non-hydrogen) atoms. The highest BCUT2D eigenvalue weighted by atomic mass is 16.2. The third-order valence-corrected chi connectivity index (χ3v) is 5.66. The van der Waals surface area contributed by atoms with E-state index in [0.29, 0.717) is 37.3 Å². The number of aromatic nitrogens is 3. The largest absolute Gasteiger partial charge is 0.343 e. The van der Waals surface area contributed by atoms with Gasteiger partial charge < -0.3 is 9.80 Å². The number of carbonyl (C=O) groups excluding carboxylic acids is 2. The van der Waals surface area contributed by atoms with Crippen LogP contribution in [0.4, 0.5) is 0 Å². The summed E-state index contributed by atoms with van der Waals surface area (Å²) in [7, 11) is 0. The van der Waals surface area contributed by atoms with Crippen LogP contribution in [0, 0.1) is 5.92 Å². The molecule has 2 aromatic heterocycles. The van der Waals surface area contributed by atoms with Crippen LogP contribution < -0.4 is 0 Å². The molecule has 2 amide bonds. The Morgan fingerprint density at radius 3 is 2.41 bits per heavy atom. The number of hydrogen-bond donors (Lipinski definition) is 0. The Morgan fingerprint density at radius 1 is 1.17 bits per heavy atom. The Hall–Kier alpha value is -2.70. The van der Waals surface area contributed by atoms with Gasteiger partial charge in [-0.25, -0.2) is 9.67 Å². The highest BCUT2D eigenvalue weighted by Crippen LogP contribution is 2.26. The average Bonchev–Trinajstić information content (AvgIpc) is 3.20. The molecule has 0 atom stereocenters. The second-order valence-electron chi connectivity index (χ2n) is 7.77. The fraction of sp³-hybridized carbons (Fsp3) is 0.545. The minimum absolute atomic E-state index is 0.00961. The summed E-state index contributed by atoms with van der Waals surface area (Å²) in [5.74, 6) is 1.05. The van der Waals surface area contributed by atoms with Crippen molar-refractivity contribution in [3.8, 4) is 5.82 Å². The minimum atomic E-state index is -0.00961. The van der Waals surface area contributed by atoms with Crippen molar-refractivity contribution in [3.63, 3.8) is 0 Å². The van der Waals surface area contributed by atoms with E-state index in [2.05, 4.69) is 23.9 Å². The van der Waals surface area contributed by atoms with Crippen LogP contribution in [0.15, 0.2) is 30.6 Å². The van der Waals surface area contributed by atoms with Crippen LogP contribution in [0.1, 0.15) is 62.5 Å². The van der Waals surface area contributed by atoms with Gasteiger partial charge in [-0.15, -0.1) is 0 Å². The van der Waals surface area contributed by atoms with E-state index in [1.807, 2.05) is 41.8 Å². The molecule has 7 heteroatoms. The van der Waals surface area contributed by atoms with Crippen molar-refractivity contribution in [3.05, 3.63) is 41.9 Å². The van der Waals surface area contributed by atoms with E-state index in [9.17, 15) is 9.59 Å². The van der Waals surface area contributed by atoms with Crippen molar-refractivity contribution >= 4 is 11.8 Å². The zero-order chi connectivity index (χ0) is 21.0. The number of rotatable bonds is 6. The van der Waals surface area contributed by atoms with Gasteiger partial charge in [0.1, 0.15) is 0 Å². The van der Waals surface area contributed by atoms with Gasteiger partial charge in [0.15, 0.2) is 5.82 Å². The molecule has 3 rings (SSSR count). The summed E-state index contributed by atoms with van der Waals surface area (Å²) in [6.07, 6.45) is 4.80. The third-order valence-electron chi connectivity index (χ3n) is 5.66. The first-order chi connectivity index (χ1) is 14.0. The van der Waals surface area contributed by atoms with Crippen molar-refractivity contribution < 1.29 is 9.59 Å². The molecule has 2 aromatic rings. The molecule has 3 heterocycles. The summed E-state index contributed by atoms with van der Waals surface area (Å²) in [4.78, 5) is 34.0. The van der Waals surface area contributed by atoms with E-state index in [0.717, 1.165) is 18.8 Å². The maximum atomic E-state index is 13.2. The lowest BCUT2D eigenvalue weighted by Gasteiger charge is -2.33. The molecule has 1 fully saturated rings. The number of likely N-dealkylation sites (tertiary alicyclic amines) is 1. The molecule has 0 radical (unpaired) electrons. The zero-order valence-electron chi connectivity index (χ0n) is 17.8. The van der Waals surface area contributed by atoms with Crippen LogP contribution in [0.25, 0.3) is 5.82 Å². The highest BCUT2D eigenvalue weighted by Gasteiger charge is 2.31. The Balaban J connectivity index is 1.75. The SMILES string of the molecule is CCN(CC)C(=O)C1CCN(C(=O)c2cnn(-c3ccccn3)c2C(C)C)CC1. The molecule has 1 saturated heterocycles. The molecule has 1 aliphatic heterocycles. The van der Waals surface area contributed by atoms with E-state index in [4.69, 9.17) is 0 Å². The molecule has 1 aliphatic rings. The topological polar surface area (TPSA) is 71.3 Å². The quantitative estimate of drug-likeness (QED) is 0.751. The van der Waals surface area contributed by atoms with Gasteiger partial charge in [0, 0.05) is 38.3 Å². The van der Waals surface area contributed by atoms with Crippen molar-refractivity contribution in [1.82, 2.24) is 24.6 Å². The van der Waals surface area contributed by atoms with E-state index < -0.39 is 0 Å². The predicted octanol–water partition coefficient (Wildman–Crippen LogP) is 3.11. The number of hydrogen-bond acceptors (Lipinski definition) is 4. The van der Waals surface area contributed by atoms with Crippen LogP contribution in [0.2, 0.25) is 0 Å². The fourth-order valence-corrected chi connectivity index (χ4v) is 4.03. The first kappa shape index (κ1) is 21.0. The first-order valence-corrected chi connectivity index (χ1v) is 10.5. The summed E-state index contributed by atoms with van der Waals surface area (Å²) in [5, 5.41) is 4.46. The van der Waals surface area contributed by atoms with Crippen LogP contribution in [-0.2, 0) is 4.79 Å². The molecular weight excluding hydrogens is 366 g/mol. The lowest BCUT2D eigenvalue weighted by atomic mass is 9.94. The Bertz CT molecular complexity index is 834. The first-order valence-electron chi connectivity index (χ1n) is 10.5. The molecular formula is C22H31N5O2. The highest BCUT2D eigenvalue weighted by molar-refractivity contribution is 5.95. The van der Waals surface area contributed by atoms with Crippen molar-refractivity contribution in [2.45, 2.75) is 46.5 Å². The summed E-state index contributed by atoms with van der Waals surface area (Å²) >= 11 is 0. The van der Waals surface area contributed by atoms with Gasteiger partial charge >= 0.3 is 0 Å². The van der Waals surface area contributed by atoms with Gasteiger partial charge in [-0.05, 0) is 44.7 Å². The Labute approximate surface area is 172 Å². The molecule has 0 unspecified atom stereocenters.